The highest BCUT2D eigenvalue weighted by atomic mass is 32.2. The smallest absolute Gasteiger partial charge is 0.293 e. The maximum atomic E-state index is 12.5. The van der Waals surface area contributed by atoms with Crippen molar-refractivity contribution in [1.82, 2.24) is 19.3 Å². The Morgan fingerprint density at radius 1 is 1.20 bits per heavy atom. The van der Waals surface area contributed by atoms with Gasteiger partial charge in [0.15, 0.2) is 0 Å². The average Bonchev–Trinajstić information content (AvgIpc) is 3.19. The van der Waals surface area contributed by atoms with Crippen LogP contribution in [0.25, 0.3) is 5.82 Å². The molecule has 0 atom stereocenters. The number of nitrogens with zero attached hydrogens (tertiary/aromatic N) is 4. The Balaban J connectivity index is 1.78. The third-order valence-electron chi connectivity index (χ3n) is 3.98. The third kappa shape index (κ3) is 5.19. The summed E-state index contributed by atoms with van der Waals surface area (Å²) in [6.07, 6.45) is 6.71. The molecule has 0 radical (unpaired) electrons. The number of nitro benzene ring substituents is 1. The lowest BCUT2D eigenvalue weighted by Crippen LogP contribution is -2.40. The van der Waals surface area contributed by atoms with Crippen LogP contribution in [-0.2, 0) is 16.6 Å². The minimum absolute atomic E-state index is 0.166. The van der Waals surface area contributed by atoms with Gasteiger partial charge < -0.3 is 5.32 Å². The highest BCUT2D eigenvalue weighted by molar-refractivity contribution is 7.89. The molecule has 0 fully saturated rings. The minimum atomic E-state index is -3.88. The number of aromatic nitrogens is 3. The largest absolute Gasteiger partial charge is 0.375 e. The van der Waals surface area contributed by atoms with E-state index >= 15 is 0 Å². The van der Waals surface area contributed by atoms with Gasteiger partial charge in [-0.3, -0.25) is 14.7 Å². The van der Waals surface area contributed by atoms with Gasteiger partial charge >= 0.3 is 0 Å². The molecule has 0 saturated carbocycles. The van der Waals surface area contributed by atoms with Gasteiger partial charge in [-0.25, -0.2) is 23.1 Å². The maximum Gasteiger partial charge on any atom is 0.293 e. The monoisotopic (exact) mass is 430 g/mol. The van der Waals surface area contributed by atoms with Crippen molar-refractivity contribution in [3.8, 4) is 5.82 Å². The zero-order chi connectivity index (χ0) is 21.9. The molecule has 2 aromatic heterocycles. The van der Waals surface area contributed by atoms with Crippen LogP contribution < -0.4 is 10.0 Å². The number of anilines is 1. The van der Waals surface area contributed by atoms with Crippen LogP contribution in [0, 0.1) is 10.1 Å². The fourth-order valence-corrected chi connectivity index (χ4v) is 4.15. The second kappa shape index (κ2) is 8.20. The van der Waals surface area contributed by atoms with E-state index < -0.39 is 20.5 Å². The fourth-order valence-electron chi connectivity index (χ4n) is 2.71. The van der Waals surface area contributed by atoms with Gasteiger partial charge in [0.1, 0.15) is 17.8 Å². The maximum absolute atomic E-state index is 12.5. The summed E-state index contributed by atoms with van der Waals surface area (Å²) in [7, 11) is -3.88. The first-order valence-electron chi connectivity index (χ1n) is 9.05. The summed E-state index contributed by atoms with van der Waals surface area (Å²) in [5.74, 6) is 0.697. The molecule has 3 rings (SSSR count). The highest BCUT2D eigenvalue weighted by Gasteiger charge is 2.25. The van der Waals surface area contributed by atoms with Crippen molar-refractivity contribution in [2.75, 3.05) is 5.32 Å². The Morgan fingerprint density at radius 2 is 1.97 bits per heavy atom. The molecule has 158 valence electrons. The number of hydrogen-bond acceptors (Lipinski definition) is 7. The Hall–Kier alpha value is -3.31. The molecule has 0 aliphatic carbocycles. The van der Waals surface area contributed by atoms with Crippen LogP contribution in [0.1, 0.15) is 26.3 Å². The van der Waals surface area contributed by atoms with Crippen molar-refractivity contribution in [3.05, 3.63) is 70.9 Å². The Morgan fingerprint density at radius 3 is 2.53 bits per heavy atom. The van der Waals surface area contributed by atoms with E-state index in [1.807, 2.05) is 6.07 Å². The highest BCUT2D eigenvalue weighted by Crippen LogP contribution is 2.28. The van der Waals surface area contributed by atoms with Gasteiger partial charge in [0.25, 0.3) is 5.69 Å². The van der Waals surface area contributed by atoms with Crippen molar-refractivity contribution in [2.45, 2.75) is 37.8 Å². The van der Waals surface area contributed by atoms with Crippen LogP contribution in [0.15, 0.2) is 60.1 Å². The molecule has 0 aliphatic heterocycles. The second-order valence-corrected chi connectivity index (χ2v) is 9.32. The molecule has 0 spiro atoms. The van der Waals surface area contributed by atoms with E-state index in [2.05, 4.69) is 20.0 Å². The van der Waals surface area contributed by atoms with E-state index in [1.165, 1.54) is 12.1 Å². The van der Waals surface area contributed by atoms with E-state index in [-0.39, 0.29) is 22.8 Å². The average molecular weight is 430 g/mol. The molecule has 3 aromatic rings. The van der Waals surface area contributed by atoms with Crippen LogP contribution in [0.5, 0.6) is 0 Å². The molecule has 10 nitrogen and oxygen atoms in total. The first-order valence-corrected chi connectivity index (χ1v) is 10.5. The van der Waals surface area contributed by atoms with Gasteiger partial charge in [-0.05, 0) is 44.5 Å². The van der Waals surface area contributed by atoms with Crippen molar-refractivity contribution in [3.63, 3.8) is 0 Å². The SMILES string of the molecule is CC(C)(C)NS(=O)(=O)c1ccc(NCc2ccc(-n3ccnc3)nc2)c([N+](=O)[O-])c1. The Bertz CT molecular complexity index is 1140. The summed E-state index contributed by atoms with van der Waals surface area (Å²) in [6, 6.07) is 7.43. The molecule has 2 heterocycles. The van der Waals surface area contributed by atoms with Gasteiger partial charge in [-0.15, -0.1) is 0 Å². The number of hydrogen-bond donors (Lipinski definition) is 2. The molecule has 2 N–H and O–H groups in total. The zero-order valence-corrected chi connectivity index (χ0v) is 17.5. The molecule has 0 saturated heterocycles. The van der Waals surface area contributed by atoms with E-state index in [9.17, 15) is 18.5 Å². The molecule has 0 bridgehead atoms. The summed E-state index contributed by atoms with van der Waals surface area (Å²) in [5, 5.41) is 14.5. The molecule has 0 aliphatic rings. The molecule has 1 aromatic carbocycles. The lowest BCUT2D eigenvalue weighted by Gasteiger charge is -2.20. The predicted octanol–water partition coefficient (Wildman–Crippen LogP) is 2.86. The Labute approximate surface area is 174 Å². The summed E-state index contributed by atoms with van der Waals surface area (Å²) in [5.41, 5.74) is -0.0112. The van der Waals surface area contributed by atoms with Gasteiger partial charge in [0, 0.05) is 36.7 Å². The first kappa shape index (κ1) is 21.4. The van der Waals surface area contributed by atoms with Crippen LogP contribution >= 0.6 is 0 Å². The normalized spacial score (nSPS) is 12.0. The number of sulfonamides is 1. The third-order valence-corrected chi connectivity index (χ3v) is 5.73. The summed E-state index contributed by atoms with van der Waals surface area (Å²) in [6.45, 7) is 5.37. The van der Waals surface area contributed by atoms with Crippen LogP contribution in [0.4, 0.5) is 11.4 Å². The van der Waals surface area contributed by atoms with E-state index in [0.717, 1.165) is 11.6 Å². The molecule has 0 amide bonds. The van der Waals surface area contributed by atoms with Crippen molar-refractivity contribution in [2.24, 2.45) is 0 Å². The van der Waals surface area contributed by atoms with Crippen molar-refractivity contribution < 1.29 is 13.3 Å². The number of nitro groups is 1. The topological polar surface area (TPSA) is 132 Å². The van der Waals surface area contributed by atoms with Gasteiger partial charge in [0.05, 0.1) is 9.82 Å². The second-order valence-electron chi connectivity index (χ2n) is 7.64. The molecule has 30 heavy (non-hydrogen) atoms. The summed E-state index contributed by atoms with van der Waals surface area (Å²) in [4.78, 5) is 19.0. The first-order chi connectivity index (χ1) is 14.0. The van der Waals surface area contributed by atoms with Crippen LogP contribution in [0.3, 0.4) is 0 Å². The zero-order valence-electron chi connectivity index (χ0n) is 16.7. The van der Waals surface area contributed by atoms with Crippen LogP contribution in [0.2, 0.25) is 0 Å². The standard InChI is InChI=1S/C19H22N6O4S/c1-19(2,3)23-30(28,29)15-5-6-16(17(10-15)25(26)27)21-11-14-4-7-18(22-12-14)24-9-8-20-13-24/h4-10,12-13,21,23H,11H2,1-3H3. The Kier molecular flexibility index (Phi) is 5.85. The lowest BCUT2D eigenvalue weighted by molar-refractivity contribution is -0.384. The number of nitrogens with one attached hydrogen (secondary N) is 2. The van der Waals surface area contributed by atoms with Gasteiger partial charge in [-0.2, -0.15) is 0 Å². The number of rotatable bonds is 7. The molecule has 0 unspecified atom stereocenters. The van der Waals surface area contributed by atoms with Crippen LogP contribution in [-0.4, -0.2) is 33.4 Å². The quantitative estimate of drug-likeness (QED) is 0.435. The van der Waals surface area contributed by atoms with E-state index in [1.54, 1.807) is 56.3 Å². The summed E-state index contributed by atoms with van der Waals surface area (Å²) >= 11 is 0. The molecular weight excluding hydrogens is 408 g/mol. The summed E-state index contributed by atoms with van der Waals surface area (Å²) < 4.78 is 29.2. The molecular formula is C19H22N6O4S. The number of benzene rings is 1. The van der Waals surface area contributed by atoms with Crippen molar-refractivity contribution in [1.29, 1.82) is 0 Å². The van der Waals surface area contributed by atoms with E-state index in [0.29, 0.717) is 5.82 Å². The van der Waals surface area contributed by atoms with Crippen molar-refractivity contribution >= 4 is 21.4 Å². The number of pyridine rings is 1. The van der Waals surface area contributed by atoms with Gasteiger partial charge in [-0.1, -0.05) is 6.07 Å². The fraction of sp³-hybridized carbons (Fsp3) is 0.263. The molecule has 11 heteroatoms. The number of imidazole rings is 1. The minimum Gasteiger partial charge on any atom is -0.375 e. The van der Waals surface area contributed by atoms with E-state index in [4.69, 9.17) is 0 Å². The van der Waals surface area contributed by atoms with Gasteiger partial charge in [0.2, 0.25) is 10.0 Å². The lowest BCUT2D eigenvalue weighted by atomic mass is 10.1. The predicted molar refractivity (Wildman–Crippen MR) is 112 cm³/mol.